The molecule has 3 aromatic rings. The summed E-state index contributed by atoms with van der Waals surface area (Å²) in [4.78, 5) is 16.1. The van der Waals surface area contributed by atoms with E-state index in [-0.39, 0.29) is 11.4 Å². The zero-order valence-corrected chi connectivity index (χ0v) is 11.7. The number of aromatic amines is 1. The lowest BCUT2D eigenvalue weighted by atomic mass is 10.2. The minimum absolute atomic E-state index is 0.235. The molecule has 106 valence electrons. The molecule has 0 radical (unpaired) electrons. The van der Waals surface area contributed by atoms with Crippen LogP contribution >= 0.6 is 0 Å². The van der Waals surface area contributed by atoms with E-state index in [1.807, 2.05) is 31.2 Å². The van der Waals surface area contributed by atoms with Gasteiger partial charge in [-0.1, -0.05) is 18.2 Å². The number of nitrogens with two attached hydrogens (primary N) is 1. The summed E-state index contributed by atoms with van der Waals surface area (Å²) in [5.41, 5.74) is 8.71. The first-order chi connectivity index (χ1) is 10.1. The molecule has 0 aliphatic heterocycles. The summed E-state index contributed by atoms with van der Waals surface area (Å²) in [6, 6.07) is 9.03. The summed E-state index contributed by atoms with van der Waals surface area (Å²) >= 11 is 0. The molecule has 0 saturated heterocycles. The maximum Gasteiger partial charge on any atom is 0.273 e. The largest absolute Gasteiger partial charge is 0.382 e. The highest BCUT2D eigenvalue weighted by molar-refractivity contribution is 5.75. The average molecular weight is 282 g/mol. The van der Waals surface area contributed by atoms with Crippen LogP contribution in [0.5, 0.6) is 0 Å². The second-order valence-corrected chi connectivity index (χ2v) is 4.76. The summed E-state index contributed by atoms with van der Waals surface area (Å²) in [5, 5.41) is 11.1. The fourth-order valence-corrected chi connectivity index (χ4v) is 2.04. The lowest BCUT2D eigenvalue weighted by Crippen LogP contribution is -2.14. The van der Waals surface area contributed by atoms with Gasteiger partial charge in [0, 0.05) is 11.8 Å². The minimum Gasteiger partial charge on any atom is -0.382 e. The Kier molecular flexibility index (Phi) is 3.02. The maximum atomic E-state index is 11.9. The number of aromatic nitrogens is 3. The molecule has 7 nitrogen and oxygen atoms in total. The van der Waals surface area contributed by atoms with Crippen molar-refractivity contribution in [2.75, 3.05) is 5.73 Å². The van der Waals surface area contributed by atoms with Crippen LogP contribution in [0, 0.1) is 13.8 Å². The molecule has 3 rings (SSSR count). The van der Waals surface area contributed by atoms with Crippen LogP contribution in [0.4, 0.5) is 17.2 Å². The number of hydrogen-bond acceptors (Lipinski definition) is 5. The van der Waals surface area contributed by atoms with Crippen molar-refractivity contribution in [1.82, 2.24) is 14.6 Å². The van der Waals surface area contributed by atoms with Crippen LogP contribution in [-0.2, 0) is 0 Å². The van der Waals surface area contributed by atoms with E-state index < -0.39 is 0 Å². The van der Waals surface area contributed by atoms with E-state index in [1.54, 1.807) is 6.92 Å². The zero-order valence-electron chi connectivity index (χ0n) is 11.7. The molecule has 0 bridgehead atoms. The molecule has 2 aromatic heterocycles. The van der Waals surface area contributed by atoms with Crippen molar-refractivity contribution in [3.05, 3.63) is 51.9 Å². The van der Waals surface area contributed by atoms with E-state index in [0.29, 0.717) is 17.0 Å². The molecular weight excluding hydrogens is 268 g/mol. The number of H-pyrrole nitrogens is 1. The summed E-state index contributed by atoms with van der Waals surface area (Å²) < 4.78 is 1.26. The average Bonchev–Trinajstić information content (AvgIpc) is 2.75. The Bertz CT molecular complexity index is 905. The van der Waals surface area contributed by atoms with Gasteiger partial charge in [0.25, 0.3) is 5.56 Å². The normalized spacial score (nSPS) is 11.5. The van der Waals surface area contributed by atoms with Gasteiger partial charge in [-0.3, -0.25) is 9.89 Å². The van der Waals surface area contributed by atoms with Crippen molar-refractivity contribution in [3.63, 3.8) is 0 Å². The van der Waals surface area contributed by atoms with Crippen molar-refractivity contribution in [2.24, 2.45) is 10.2 Å². The quantitative estimate of drug-likeness (QED) is 0.706. The molecule has 0 atom stereocenters. The van der Waals surface area contributed by atoms with Gasteiger partial charge >= 0.3 is 0 Å². The van der Waals surface area contributed by atoms with Gasteiger partial charge < -0.3 is 5.73 Å². The highest BCUT2D eigenvalue weighted by Gasteiger charge is 2.12. The van der Waals surface area contributed by atoms with Gasteiger partial charge in [0.2, 0.25) is 0 Å². The number of nitrogens with one attached hydrogen (secondary N) is 1. The van der Waals surface area contributed by atoms with E-state index in [4.69, 9.17) is 5.73 Å². The monoisotopic (exact) mass is 282 g/mol. The molecule has 3 N–H and O–H groups in total. The Labute approximate surface area is 120 Å². The number of nitrogen functional groups attached to an aromatic ring is 1. The number of hydrogen-bond donors (Lipinski definition) is 2. The summed E-state index contributed by atoms with van der Waals surface area (Å²) in [6.07, 6.45) is 0. The first kappa shape index (κ1) is 13.0. The number of rotatable bonds is 2. The molecule has 0 fully saturated rings. The fourth-order valence-electron chi connectivity index (χ4n) is 2.04. The lowest BCUT2D eigenvalue weighted by Gasteiger charge is -1.97. The number of benzene rings is 1. The standard InChI is InChI=1S/C14H14N6O/c1-8-5-3-4-6-10(8)17-18-12-13(15)19-20-11(21)7-9(2)16-14(12)20/h3-7,19H,15H2,1-2H3. The Morgan fingerprint density at radius 3 is 2.76 bits per heavy atom. The Balaban J connectivity index is 2.15. The van der Waals surface area contributed by atoms with Gasteiger partial charge in [-0.25, -0.2) is 4.98 Å². The van der Waals surface area contributed by atoms with Crippen LogP contribution in [0.3, 0.4) is 0 Å². The van der Waals surface area contributed by atoms with Crippen molar-refractivity contribution in [1.29, 1.82) is 0 Å². The van der Waals surface area contributed by atoms with Crippen molar-refractivity contribution < 1.29 is 0 Å². The van der Waals surface area contributed by atoms with E-state index in [1.165, 1.54) is 10.6 Å². The van der Waals surface area contributed by atoms with E-state index in [0.717, 1.165) is 11.3 Å². The lowest BCUT2D eigenvalue weighted by molar-refractivity contribution is 0.894. The van der Waals surface area contributed by atoms with Gasteiger partial charge in [-0.05, 0) is 25.5 Å². The molecule has 0 aliphatic carbocycles. The summed E-state index contributed by atoms with van der Waals surface area (Å²) in [7, 11) is 0. The van der Waals surface area contributed by atoms with Crippen LogP contribution in [0.1, 0.15) is 11.3 Å². The van der Waals surface area contributed by atoms with Crippen LogP contribution in [-0.4, -0.2) is 14.6 Å². The minimum atomic E-state index is -0.235. The van der Waals surface area contributed by atoms with Gasteiger partial charge in [-0.15, -0.1) is 5.11 Å². The van der Waals surface area contributed by atoms with Gasteiger partial charge in [0.05, 0.1) is 5.69 Å². The molecule has 0 unspecified atom stereocenters. The predicted molar refractivity (Wildman–Crippen MR) is 80.3 cm³/mol. The third-order valence-electron chi connectivity index (χ3n) is 3.12. The highest BCUT2D eigenvalue weighted by atomic mass is 16.1. The van der Waals surface area contributed by atoms with E-state index >= 15 is 0 Å². The summed E-state index contributed by atoms with van der Waals surface area (Å²) in [5.74, 6) is 0.252. The van der Waals surface area contributed by atoms with Crippen LogP contribution in [0.15, 0.2) is 45.4 Å². The smallest absolute Gasteiger partial charge is 0.273 e. The Morgan fingerprint density at radius 2 is 2.00 bits per heavy atom. The molecular formula is C14H14N6O. The number of azo groups is 1. The van der Waals surface area contributed by atoms with Crippen molar-refractivity contribution in [3.8, 4) is 0 Å². The van der Waals surface area contributed by atoms with Crippen LogP contribution < -0.4 is 11.3 Å². The second-order valence-electron chi connectivity index (χ2n) is 4.76. The van der Waals surface area contributed by atoms with E-state index in [9.17, 15) is 4.79 Å². The first-order valence-electron chi connectivity index (χ1n) is 6.41. The molecule has 0 saturated carbocycles. The van der Waals surface area contributed by atoms with Crippen LogP contribution in [0.2, 0.25) is 0 Å². The molecule has 0 aliphatic rings. The SMILES string of the molecule is Cc1cc(=O)n2[nH]c(N)c(N=Nc3ccccc3C)c2n1. The van der Waals surface area contributed by atoms with Crippen LogP contribution in [0.25, 0.3) is 5.65 Å². The molecule has 0 spiro atoms. The Hall–Kier alpha value is -2.96. The summed E-state index contributed by atoms with van der Waals surface area (Å²) in [6.45, 7) is 3.69. The third kappa shape index (κ3) is 2.29. The third-order valence-corrected chi connectivity index (χ3v) is 3.12. The number of nitrogens with zero attached hydrogens (tertiary/aromatic N) is 4. The van der Waals surface area contributed by atoms with E-state index in [2.05, 4.69) is 20.3 Å². The molecule has 2 heterocycles. The molecule has 21 heavy (non-hydrogen) atoms. The molecule has 0 amide bonds. The second kappa shape index (κ2) is 4.86. The maximum absolute atomic E-state index is 11.9. The first-order valence-corrected chi connectivity index (χ1v) is 6.41. The topological polar surface area (TPSA) is 101 Å². The zero-order chi connectivity index (χ0) is 15.0. The van der Waals surface area contributed by atoms with Gasteiger partial charge in [0.15, 0.2) is 11.3 Å². The van der Waals surface area contributed by atoms with Crippen molar-refractivity contribution in [2.45, 2.75) is 13.8 Å². The van der Waals surface area contributed by atoms with Gasteiger partial charge in [-0.2, -0.15) is 9.63 Å². The van der Waals surface area contributed by atoms with Gasteiger partial charge in [0.1, 0.15) is 5.82 Å². The number of aryl methyl sites for hydroxylation is 2. The predicted octanol–water partition coefficient (Wildman–Crippen LogP) is 2.64. The fraction of sp³-hybridized carbons (Fsp3) is 0.143. The Morgan fingerprint density at radius 1 is 1.24 bits per heavy atom. The molecule has 1 aromatic carbocycles. The van der Waals surface area contributed by atoms with Crippen molar-refractivity contribution >= 4 is 22.8 Å². The number of anilines is 1. The highest BCUT2D eigenvalue weighted by Crippen LogP contribution is 2.28. The number of fused-ring (bicyclic) bond motifs is 1. The molecule has 7 heteroatoms.